The van der Waals surface area contributed by atoms with Crippen molar-refractivity contribution in [3.63, 3.8) is 0 Å². The van der Waals surface area contributed by atoms with E-state index >= 15 is 0 Å². The predicted molar refractivity (Wildman–Crippen MR) is 84.8 cm³/mol. The molecule has 0 unspecified atom stereocenters. The minimum atomic E-state index is -3.70. The van der Waals surface area contributed by atoms with Crippen molar-refractivity contribution in [2.24, 2.45) is 0 Å². The first-order valence-electron chi connectivity index (χ1n) is 7.18. The van der Waals surface area contributed by atoms with E-state index in [0.29, 0.717) is 0 Å². The normalized spacial score (nSPS) is 16.3. The van der Waals surface area contributed by atoms with Crippen LogP contribution < -0.4 is 0 Å². The molecule has 24 heavy (non-hydrogen) atoms. The summed E-state index contributed by atoms with van der Waals surface area (Å²) in [5.41, 5.74) is 0. The van der Waals surface area contributed by atoms with Crippen LogP contribution in [-0.2, 0) is 10.0 Å². The summed E-state index contributed by atoms with van der Waals surface area (Å²) < 4.78 is 44.3. The third-order valence-corrected chi connectivity index (χ3v) is 5.88. The number of carbonyl (C=O) groups is 1. The number of carbonyl (C=O) groups excluding carboxylic acids is 1. The van der Waals surface area contributed by atoms with E-state index in [0.717, 1.165) is 12.1 Å². The standard InChI is InChI=1S/C15H14ClFN2O4S/c16-14-6-5-13(23-14)15(20)18-7-9-19(10-8-18)24(21,22)12-3-1-11(17)2-4-12/h1-6H,7-10H2. The molecule has 9 heteroatoms. The highest BCUT2D eigenvalue weighted by Gasteiger charge is 2.31. The molecule has 2 heterocycles. The quantitative estimate of drug-likeness (QED) is 0.828. The van der Waals surface area contributed by atoms with Crippen molar-refractivity contribution in [1.29, 1.82) is 0 Å². The Morgan fingerprint density at radius 2 is 1.67 bits per heavy atom. The van der Waals surface area contributed by atoms with E-state index in [1.165, 1.54) is 33.5 Å². The van der Waals surface area contributed by atoms with E-state index in [4.69, 9.17) is 16.0 Å². The molecule has 1 aromatic heterocycles. The van der Waals surface area contributed by atoms with Gasteiger partial charge in [0.25, 0.3) is 5.91 Å². The molecule has 0 atom stereocenters. The van der Waals surface area contributed by atoms with Crippen LogP contribution in [0.5, 0.6) is 0 Å². The van der Waals surface area contributed by atoms with Crippen LogP contribution >= 0.6 is 11.6 Å². The molecule has 1 aliphatic rings. The number of hydrogen-bond acceptors (Lipinski definition) is 4. The lowest BCUT2D eigenvalue weighted by molar-refractivity contribution is 0.0666. The third-order valence-electron chi connectivity index (χ3n) is 3.76. The van der Waals surface area contributed by atoms with Gasteiger partial charge in [-0.2, -0.15) is 4.31 Å². The lowest BCUT2D eigenvalue weighted by Crippen LogP contribution is -2.50. The molecule has 0 saturated carbocycles. The molecular formula is C15H14ClFN2O4S. The van der Waals surface area contributed by atoms with E-state index < -0.39 is 15.8 Å². The van der Waals surface area contributed by atoms with Gasteiger partial charge < -0.3 is 9.32 Å². The molecule has 0 N–H and O–H groups in total. The minimum Gasteiger partial charge on any atom is -0.440 e. The molecule has 0 aliphatic carbocycles. The second-order valence-electron chi connectivity index (χ2n) is 5.25. The Balaban J connectivity index is 1.68. The average Bonchev–Trinajstić information content (AvgIpc) is 3.01. The minimum absolute atomic E-state index is 0.0292. The zero-order valence-corrected chi connectivity index (χ0v) is 14.1. The molecule has 6 nitrogen and oxygen atoms in total. The van der Waals surface area contributed by atoms with Crippen LogP contribution in [0.2, 0.25) is 5.22 Å². The Bertz CT molecular complexity index is 843. The molecule has 0 radical (unpaired) electrons. The summed E-state index contributed by atoms with van der Waals surface area (Å²) >= 11 is 5.65. The molecule has 2 aromatic rings. The fourth-order valence-corrected chi connectivity index (χ4v) is 4.04. The van der Waals surface area contributed by atoms with Crippen molar-refractivity contribution in [3.05, 3.63) is 53.2 Å². The lowest BCUT2D eigenvalue weighted by atomic mass is 10.3. The predicted octanol–water partition coefficient (Wildman–Crippen LogP) is 2.22. The molecule has 1 saturated heterocycles. The molecule has 1 amide bonds. The number of piperazine rings is 1. The van der Waals surface area contributed by atoms with Gasteiger partial charge in [-0.25, -0.2) is 12.8 Å². The molecule has 1 fully saturated rings. The van der Waals surface area contributed by atoms with Crippen LogP contribution in [0.4, 0.5) is 4.39 Å². The number of sulfonamides is 1. The maximum Gasteiger partial charge on any atom is 0.289 e. The monoisotopic (exact) mass is 372 g/mol. The van der Waals surface area contributed by atoms with Crippen LogP contribution in [0, 0.1) is 5.82 Å². The topological polar surface area (TPSA) is 70.8 Å². The highest BCUT2D eigenvalue weighted by molar-refractivity contribution is 7.89. The molecular weight excluding hydrogens is 359 g/mol. The van der Waals surface area contributed by atoms with Crippen molar-refractivity contribution in [3.8, 4) is 0 Å². The zero-order valence-electron chi connectivity index (χ0n) is 12.5. The van der Waals surface area contributed by atoms with Crippen molar-refractivity contribution in [1.82, 2.24) is 9.21 Å². The number of benzene rings is 1. The molecule has 0 spiro atoms. The zero-order chi connectivity index (χ0) is 17.3. The Kier molecular flexibility index (Phi) is 4.62. The van der Waals surface area contributed by atoms with Crippen LogP contribution in [-0.4, -0.2) is 49.7 Å². The summed E-state index contributed by atoms with van der Waals surface area (Å²) in [7, 11) is -3.70. The molecule has 1 aliphatic heterocycles. The maximum atomic E-state index is 12.9. The largest absolute Gasteiger partial charge is 0.440 e. The summed E-state index contributed by atoms with van der Waals surface area (Å²) in [4.78, 5) is 13.8. The first-order valence-corrected chi connectivity index (χ1v) is 9.00. The van der Waals surface area contributed by atoms with Crippen molar-refractivity contribution < 1.29 is 22.0 Å². The summed E-state index contributed by atoms with van der Waals surface area (Å²) in [6, 6.07) is 7.62. The summed E-state index contributed by atoms with van der Waals surface area (Å²) in [5, 5.41) is 0.121. The van der Waals surface area contributed by atoms with Crippen LogP contribution in [0.3, 0.4) is 0 Å². The Morgan fingerprint density at radius 3 is 2.21 bits per heavy atom. The highest BCUT2D eigenvalue weighted by Crippen LogP contribution is 2.20. The molecule has 3 rings (SSSR count). The second kappa shape index (κ2) is 6.54. The Morgan fingerprint density at radius 1 is 1.04 bits per heavy atom. The van der Waals surface area contributed by atoms with Crippen LogP contribution in [0.1, 0.15) is 10.6 Å². The average molecular weight is 373 g/mol. The van der Waals surface area contributed by atoms with Crippen LogP contribution in [0.25, 0.3) is 0 Å². The van der Waals surface area contributed by atoms with Gasteiger partial charge in [0.05, 0.1) is 4.90 Å². The lowest BCUT2D eigenvalue weighted by Gasteiger charge is -2.33. The van der Waals surface area contributed by atoms with Gasteiger partial charge in [-0.3, -0.25) is 4.79 Å². The highest BCUT2D eigenvalue weighted by atomic mass is 35.5. The Hall–Kier alpha value is -1.90. The van der Waals surface area contributed by atoms with Gasteiger partial charge in [-0.05, 0) is 48.0 Å². The summed E-state index contributed by atoms with van der Waals surface area (Å²) in [6.45, 7) is 0.773. The van der Waals surface area contributed by atoms with E-state index in [9.17, 15) is 17.6 Å². The van der Waals surface area contributed by atoms with Crippen molar-refractivity contribution in [2.75, 3.05) is 26.2 Å². The number of furan rings is 1. The van der Waals surface area contributed by atoms with Gasteiger partial charge in [0.2, 0.25) is 10.0 Å². The fraction of sp³-hybridized carbons (Fsp3) is 0.267. The van der Waals surface area contributed by atoms with Gasteiger partial charge in [-0.1, -0.05) is 0 Å². The summed E-state index contributed by atoms with van der Waals surface area (Å²) in [5.74, 6) is -0.711. The van der Waals surface area contributed by atoms with E-state index in [2.05, 4.69) is 0 Å². The fourth-order valence-electron chi connectivity index (χ4n) is 2.47. The van der Waals surface area contributed by atoms with Gasteiger partial charge in [0.15, 0.2) is 11.0 Å². The first kappa shape index (κ1) is 16.9. The third kappa shape index (κ3) is 3.31. The smallest absolute Gasteiger partial charge is 0.289 e. The number of nitrogens with zero attached hydrogens (tertiary/aromatic N) is 2. The summed E-state index contributed by atoms with van der Waals surface area (Å²) in [6.07, 6.45) is 0. The van der Waals surface area contributed by atoms with E-state index in [1.54, 1.807) is 0 Å². The van der Waals surface area contributed by atoms with Gasteiger partial charge in [0, 0.05) is 26.2 Å². The van der Waals surface area contributed by atoms with Crippen molar-refractivity contribution in [2.45, 2.75) is 4.90 Å². The van der Waals surface area contributed by atoms with Crippen LogP contribution in [0.15, 0.2) is 45.7 Å². The first-order chi connectivity index (χ1) is 11.4. The van der Waals surface area contributed by atoms with Gasteiger partial charge >= 0.3 is 0 Å². The molecule has 1 aromatic carbocycles. The molecule has 128 valence electrons. The van der Waals surface area contributed by atoms with E-state index in [1.807, 2.05) is 0 Å². The molecule has 0 bridgehead atoms. The Labute approximate surface area is 143 Å². The van der Waals surface area contributed by atoms with Gasteiger partial charge in [0.1, 0.15) is 5.82 Å². The number of hydrogen-bond donors (Lipinski definition) is 0. The number of halogens is 2. The van der Waals surface area contributed by atoms with Gasteiger partial charge in [-0.15, -0.1) is 0 Å². The number of amides is 1. The number of rotatable bonds is 3. The second-order valence-corrected chi connectivity index (χ2v) is 7.56. The SMILES string of the molecule is O=C(c1ccc(Cl)o1)N1CCN(S(=O)(=O)c2ccc(F)cc2)CC1. The van der Waals surface area contributed by atoms with Crippen molar-refractivity contribution >= 4 is 27.5 Å². The maximum absolute atomic E-state index is 12.9. The van der Waals surface area contributed by atoms with E-state index in [-0.39, 0.29) is 48.0 Å².